The highest BCUT2D eigenvalue weighted by Gasteiger charge is 2.28. The van der Waals surface area contributed by atoms with Crippen molar-refractivity contribution in [2.45, 2.75) is 27.5 Å². The molecule has 1 aliphatic carbocycles. The SMILES string of the molecule is N#Cc1nc(-c2ccc(N3c4ccccc4Sc4ccccc43)cc2)c(C#N)nc1-c1ccc(N2C3=C(CCC=C3)Sc3ccccc32)cc1. The van der Waals surface area contributed by atoms with E-state index in [1.807, 2.05) is 60.3 Å². The number of nitrogens with zero attached hydrogens (tertiary/aromatic N) is 6. The second-order valence-electron chi connectivity index (χ2n) is 12.0. The molecule has 3 heterocycles. The van der Waals surface area contributed by atoms with Crippen LogP contribution in [0, 0.1) is 22.7 Å². The third-order valence-corrected chi connectivity index (χ3v) is 11.4. The number of rotatable bonds is 4. The van der Waals surface area contributed by atoms with E-state index in [4.69, 9.17) is 9.97 Å². The molecular formula is C42H26N6S2. The maximum Gasteiger partial charge on any atom is 0.167 e. The zero-order valence-electron chi connectivity index (χ0n) is 26.6. The molecular weight excluding hydrogens is 653 g/mol. The average Bonchev–Trinajstić information content (AvgIpc) is 3.18. The summed E-state index contributed by atoms with van der Waals surface area (Å²) in [4.78, 5) is 19.0. The molecule has 5 aromatic carbocycles. The van der Waals surface area contributed by atoms with E-state index in [1.54, 1.807) is 11.8 Å². The first-order chi connectivity index (χ1) is 24.7. The van der Waals surface area contributed by atoms with Crippen molar-refractivity contribution in [1.82, 2.24) is 9.97 Å². The van der Waals surface area contributed by atoms with Gasteiger partial charge in [0, 0.05) is 42.1 Å². The monoisotopic (exact) mass is 678 g/mol. The smallest absolute Gasteiger partial charge is 0.167 e. The molecule has 0 N–H and O–H groups in total. The van der Waals surface area contributed by atoms with Crippen LogP contribution in [0.5, 0.6) is 0 Å². The van der Waals surface area contributed by atoms with Gasteiger partial charge in [-0.3, -0.25) is 0 Å². The molecule has 0 saturated heterocycles. The number of allylic oxidation sites excluding steroid dienone is 3. The van der Waals surface area contributed by atoms with Crippen LogP contribution < -0.4 is 9.80 Å². The zero-order chi connectivity index (χ0) is 33.6. The third kappa shape index (κ3) is 5.05. The van der Waals surface area contributed by atoms with Gasteiger partial charge in [-0.2, -0.15) is 10.5 Å². The zero-order valence-corrected chi connectivity index (χ0v) is 28.2. The quantitative estimate of drug-likeness (QED) is 0.182. The van der Waals surface area contributed by atoms with Gasteiger partial charge in [-0.25, -0.2) is 9.97 Å². The molecule has 2 aliphatic heterocycles. The number of nitriles is 2. The van der Waals surface area contributed by atoms with E-state index in [0.29, 0.717) is 11.4 Å². The first-order valence-electron chi connectivity index (χ1n) is 16.3. The van der Waals surface area contributed by atoms with E-state index < -0.39 is 0 Å². The lowest BCUT2D eigenvalue weighted by atomic mass is 10.0. The number of fused-ring (bicyclic) bond motifs is 3. The Hall–Kier alpha value is -6.06. The molecule has 0 fully saturated rings. The summed E-state index contributed by atoms with van der Waals surface area (Å²) in [7, 11) is 0. The summed E-state index contributed by atoms with van der Waals surface area (Å²) in [6.07, 6.45) is 6.50. The summed E-state index contributed by atoms with van der Waals surface area (Å²) < 4.78 is 0. The first-order valence-corrected chi connectivity index (χ1v) is 17.9. The molecule has 0 bridgehead atoms. The van der Waals surface area contributed by atoms with Gasteiger partial charge in [0.1, 0.15) is 23.5 Å². The van der Waals surface area contributed by atoms with E-state index in [9.17, 15) is 10.5 Å². The Labute approximate surface area is 298 Å². The predicted octanol–water partition coefficient (Wildman–Crippen LogP) is 11.3. The third-order valence-electron chi connectivity index (χ3n) is 9.02. The van der Waals surface area contributed by atoms with Crippen molar-refractivity contribution in [2.75, 3.05) is 9.80 Å². The molecule has 3 aliphatic rings. The Morgan fingerprint density at radius 3 is 1.52 bits per heavy atom. The van der Waals surface area contributed by atoms with Crippen LogP contribution in [0.3, 0.4) is 0 Å². The van der Waals surface area contributed by atoms with Gasteiger partial charge in [0.15, 0.2) is 11.4 Å². The van der Waals surface area contributed by atoms with Crippen LogP contribution in [0.4, 0.5) is 28.4 Å². The Bertz CT molecular complexity index is 2430. The maximum absolute atomic E-state index is 10.2. The van der Waals surface area contributed by atoms with E-state index in [-0.39, 0.29) is 11.4 Å². The van der Waals surface area contributed by atoms with Gasteiger partial charge in [0.05, 0.1) is 22.8 Å². The molecule has 0 saturated carbocycles. The van der Waals surface area contributed by atoms with Gasteiger partial charge in [0.25, 0.3) is 0 Å². The number of hydrogen-bond acceptors (Lipinski definition) is 8. The molecule has 9 rings (SSSR count). The van der Waals surface area contributed by atoms with Gasteiger partial charge in [-0.05, 0) is 79.6 Å². The average molecular weight is 679 g/mol. The Balaban J connectivity index is 1.06. The fourth-order valence-electron chi connectivity index (χ4n) is 6.72. The summed E-state index contributed by atoms with van der Waals surface area (Å²) in [5.74, 6) is 0. The molecule has 0 radical (unpaired) electrons. The van der Waals surface area contributed by atoms with Crippen molar-refractivity contribution in [3.05, 3.63) is 155 Å². The van der Waals surface area contributed by atoms with Crippen molar-refractivity contribution in [1.29, 1.82) is 10.5 Å². The van der Waals surface area contributed by atoms with E-state index >= 15 is 0 Å². The lowest BCUT2D eigenvalue weighted by Gasteiger charge is -2.35. The second kappa shape index (κ2) is 12.4. The fraction of sp³-hybridized carbons (Fsp3) is 0.0476. The summed E-state index contributed by atoms with van der Waals surface area (Å²) in [5.41, 5.74) is 9.12. The lowest BCUT2D eigenvalue weighted by Crippen LogP contribution is -2.21. The molecule has 0 unspecified atom stereocenters. The van der Waals surface area contributed by atoms with Crippen LogP contribution in [0.25, 0.3) is 22.5 Å². The Kier molecular flexibility index (Phi) is 7.47. The van der Waals surface area contributed by atoms with Crippen LogP contribution in [0.15, 0.2) is 159 Å². The van der Waals surface area contributed by atoms with Gasteiger partial charge in [-0.1, -0.05) is 90.3 Å². The standard InChI is InChI=1S/C42H26N6S2/c43-25-31-41(27-17-21-29(22-18-27)47-33-9-1-5-13-37(33)49-38-14-6-2-10-34(38)47)45-32(26-44)42(46-31)28-19-23-30(24-20-28)48-35-11-3-7-15-39(35)50-40-16-8-4-12-36(40)48/h1-7,9-15,17-24H,8,16H2. The van der Waals surface area contributed by atoms with Crippen LogP contribution >= 0.6 is 23.5 Å². The van der Waals surface area contributed by atoms with Crippen molar-refractivity contribution >= 4 is 52.0 Å². The molecule has 1 aromatic heterocycles. The number of hydrogen-bond donors (Lipinski definition) is 0. The minimum Gasteiger partial charge on any atom is -0.309 e. The molecule has 8 heteroatoms. The highest BCUT2D eigenvalue weighted by Crippen LogP contribution is 2.52. The number of aromatic nitrogens is 2. The maximum atomic E-state index is 10.2. The summed E-state index contributed by atoms with van der Waals surface area (Å²) in [6.45, 7) is 0. The molecule has 6 aromatic rings. The van der Waals surface area contributed by atoms with Crippen LogP contribution in [0.1, 0.15) is 24.2 Å². The van der Waals surface area contributed by atoms with Crippen LogP contribution in [0.2, 0.25) is 0 Å². The minimum atomic E-state index is 0.171. The van der Waals surface area contributed by atoms with Gasteiger partial charge < -0.3 is 9.80 Å². The van der Waals surface area contributed by atoms with Gasteiger partial charge in [-0.15, -0.1) is 0 Å². The second-order valence-corrected chi connectivity index (χ2v) is 14.2. The summed E-state index contributed by atoms with van der Waals surface area (Å²) in [5, 5.41) is 20.5. The molecule has 0 spiro atoms. The van der Waals surface area contributed by atoms with Gasteiger partial charge >= 0.3 is 0 Å². The molecule has 50 heavy (non-hydrogen) atoms. The van der Waals surface area contributed by atoms with E-state index in [1.165, 1.54) is 25.3 Å². The number of anilines is 5. The first kappa shape index (κ1) is 30.0. The highest BCUT2D eigenvalue weighted by atomic mass is 32.2. The predicted molar refractivity (Wildman–Crippen MR) is 201 cm³/mol. The van der Waals surface area contributed by atoms with E-state index in [0.717, 1.165) is 52.4 Å². The number of para-hydroxylation sites is 3. The van der Waals surface area contributed by atoms with Crippen molar-refractivity contribution in [3.8, 4) is 34.7 Å². The largest absolute Gasteiger partial charge is 0.309 e. The summed E-state index contributed by atoms with van der Waals surface area (Å²) in [6, 6.07) is 45.7. The lowest BCUT2D eigenvalue weighted by molar-refractivity contribution is 0.969. The Morgan fingerprint density at radius 2 is 1.00 bits per heavy atom. The fourth-order valence-corrected chi connectivity index (χ4v) is 8.93. The Morgan fingerprint density at radius 1 is 0.540 bits per heavy atom. The molecule has 6 nitrogen and oxygen atoms in total. The number of benzene rings is 5. The molecule has 0 amide bonds. The highest BCUT2D eigenvalue weighted by molar-refractivity contribution is 8.03. The van der Waals surface area contributed by atoms with Crippen molar-refractivity contribution in [3.63, 3.8) is 0 Å². The van der Waals surface area contributed by atoms with Crippen molar-refractivity contribution < 1.29 is 0 Å². The van der Waals surface area contributed by atoms with Crippen LogP contribution in [-0.2, 0) is 0 Å². The molecule has 236 valence electrons. The normalized spacial score (nSPS) is 14.2. The number of thioether (sulfide) groups is 1. The van der Waals surface area contributed by atoms with Crippen molar-refractivity contribution in [2.24, 2.45) is 0 Å². The van der Waals surface area contributed by atoms with Crippen LogP contribution in [-0.4, -0.2) is 9.97 Å². The van der Waals surface area contributed by atoms with E-state index in [2.05, 4.69) is 107 Å². The molecule has 0 atom stereocenters. The van der Waals surface area contributed by atoms with Gasteiger partial charge in [0.2, 0.25) is 0 Å². The topological polar surface area (TPSA) is 79.8 Å². The summed E-state index contributed by atoms with van der Waals surface area (Å²) >= 11 is 3.61. The minimum absolute atomic E-state index is 0.171.